The Morgan fingerprint density at radius 3 is 2.88 bits per heavy atom. The molecule has 0 saturated carbocycles. The second kappa shape index (κ2) is 7.12. The molecular weight excluding hydrogens is 330 g/mol. The van der Waals surface area contributed by atoms with E-state index in [0.717, 1.165) is 22.0 Å². The highest BCUT2D eigenvalue weighted by molar-refractivity contribution is 6.31. The van der Waals surface area contributed by atoms with E-state index >= 15 is 0 Å². The molecule has 8 heteroatoms. The summed E-state index contributed by atoms with van der Waals surface area (Å²) in [6.07, 6.45) is 0. The Kier molecular flexibility index (Phi) is 4.94. The third-order valence-corrected chi connectivity index (χ3v) is 3.93. The van der Waals surface area contributed by atoms with Crippen LogP contribution in [0.4, 0.5) is 5.69 Å². The van der Waals surface area contributed by atoms with Gasteiger partial charge in [0.05, 0.1) is 23.2 Å². The Bertz CT molecular complexity index is 941. The van der Waals surface area contributed by atoms with Crippen molar-refractivity contribution in [3.63, 3.8) is 0 Å². The Morgan fingerprint density at radius 1 is 1.25 bits per heavy atom. The molecule has 1 aromatic carbocycles. The van der Waals surface area contributed by atoms with Gasteiger partial charge in [0.1, 0.15) is 0 Å². The number of benzene rings is 1. The van der Waals surface area contributed by atoms with Crippen molar-refractivity contribution in [3.8, 4) is 0 Å². The lowest BCUT2D eigenvalue weighted by Crippen LogP contribution is -2.25. The van der Waals surface area contributed by atoms with E-state index in [1.165, 1.54) is 0 Å². The fraction of sp³-hybridized carbons (Fsp3) is 0.312. The number of nitrogens with zero attached hydrogens (tertiary/aromatic N) is 2. The maximum absolute atomic E-state index is 11.7. The zero-order valence-corrected chi connectivity index (χ0v) is 13.9. The second-order valence-electron chi connectivity index (χ2n) is 5.41. The van der Waals surface area contributed by atoms with Crippen LogP contribution in [0.1, 0.15) is 5.69 Å². The van der Waals surface area contributed by atoms with Crippen LogP contribution in [0, 0.1) is 6.92 Å². The largest absolute Gasteiger partial charge is 0.395 e. The van der Waals surface area contributed by atoms with Crippen molar-refractivity contribution in [2.24, 2.45) is 0 Å². The molecule has 3 rings (SSSR count). The van der Waals surface area contributed by atoms with E-state index in [0.29, 0.717) is 36.0 Å². The molecule has 7 nitrogen and oxygen atoms in total. The van der Waals surface area contributed by atoms with Crippen molar-refractivity contribution in [1.82, 2.24) is 20.3 Å². The smallest absolute Gasteiger partial charge is 0.347 e. The standard InChI is InChI=1S/C16H18ClN5O2/c1-9-13-14(19-5-4-18-6-7-23)11-8-10(17)2-3-12(11)21-15(13)22-16(24)20-9/h2-3,8,18,23H,4-7H2,1H3,(H2,19,20,21,22,24). The Morgan fingerprint density at radius 2 is 2.08 bits per heavy atom. The number of aromatic nitrogens is 3. The molecule has 2 aromatic heterocycles. The van der Waals surface area contributed by atoms with Crippen LogP contribution in [0.3, 0.4) is 0 Å². The fourth-order valence-electron chi connectivity index (χ4n) is 2.67. The molecule has 0 amide bonds. The normalized spacial score (nSPS) is 11.3. The van der Waals surface area contributed by atoms with Crippen molar-refractivity contribution in [1.29, 1.82) is 0 Å². The monoisotopic (exact) mass is 347 g/mol. The lowest BCUT2D eigenvalue weighted by atomic mass is 10.1. The highest BCUT2D eigenvalue weighted by atomic mass is 35.5. The van der Waals surface area contributed by atoms with Crippen LogP contribution in [0.5, 0.6) is 0 Å². The van der Waals surface area contributed by atoms with Crippen LogP contribution in [-0.2, 0) is 0 Å². The highest BCUT2D eigenvalue weighted by Crippen LogP contribution is 2.32. The molecule has 0 fully saturated rings. The van der Waals surface area contributed by atoms with Gasteiger partial charge in [-0.3, -0.25) is 0 Å². The average Bonchev–Trinajstić information content (AvgIpc) is 2.54. The number of aryl methyl sites for hydroxylation is 1. The molecule has 0 atom stereocenters. The minimum atomic E-state index is -0.420. The van der Waals surface area contributed by atoms with E-state index < -0.39 is 5.69 Å². The third kappa shape index (κ3) is 3.33. The lowest BCUT2D eigenvalue weighted by Gasteiger charge is -2.14. The van der Waals surface area contributed by atoms with E-state index in [9.17, 15) is 4.79 Å². The predicted octanol–water partition coefficient (Wildman–Crippen LogP) is 1.43. The summed E-state index contributed by atoms with van der Waals surface area (Å²) in [6.45, 7) is 3.78. The van der Waals surface area contributed by atoms with Gasteiger partial charge in [0.2, 0.25) is 0 Å². The van der Waals surface area contributed by atoms with Gasteiger partial charge in [-0.2, -0.15) is 4.98 Å². The molecular formula is C16H18ClN5O2. The van der Waals surface area contributed by atoms with Gasteiger partial charge in [-0.15, -0.1) is 0 Å². The first-order valence-corrected chi connectivity index (χ1v) is 8.03. The number of aromatic amines is 1. The van der Waals surface area contributed by atoms with Crippen LogP contribution in [0.15, 0.2) is 23.0 Å². The number of aliphatic hydroxyl groups is 1. The number of rotatable bonds is 6. The molecule has 0 aliphatic heterocycles. The second-order valence-corrected chi connectivity index (χ2v) is 5.85. The molecule has 0 spiro atoms. The van der Waals surface area contributed by atoms with Crippen LogP contribution in [0.25, 0.3) is 21.9 Å². The quantitative estimate of drug-likeness (QED) is 0.397. The SMILES string of the molecule is Cc1[nH]c(=O)nc2nc3ccc(Cl)cc3c(NCCNCCO)c12. The molecule has 4 N–H and O–H groups in total. The number of halogens is 1. The van der Waals surface area contributed by atoms with Gasteiger partial charge < -0.3 is 20.7 Å². The minimum Gasteiger partial charge on any atom is -0.395 e. The summed E-state index contributed by atoms with van der Waals surface area (Å²) in [4.78, 5) is 22.8. The van der Waals surface area contributed by atoms with Crippen LogP contribution >= 0.6 is 11.6 Å². The molecule has 0 unspecified atom stereocenters. The van der Waals surface area contributed by atoms with Gasteiger partial charge in [0.25, 0.3) is 0 Å². The van der Waals surface area contributed by atoms with Crippen molar-refractivity contribution in [2.45, 2.75) is 6.92 Å². The number of anilines is 1. The first-order valence-electron chi connectivity index (χ1n) is 7.65. The zero-order valence-electron chi connectivity index (χ0n) is 13.2. The van der Waals surface area contributed by atoms with Gasteiger partial charge in [0, 0.05) is 35.7 Å². The zero-order chi connectivity index (χ0) is 17.1. The average molecular weight is 348 g/mol. The van der Waals surface area contributed by atoms with Gasteiger partial charge in [-0.1, -0.05) is 11.6 Å². The Balaban J connectivity index is 2.12. The van der Waals surface area contributed by atoms with Crippen molar-refractivity contribution in [2.75, 3.05) is 31.6 Å². The molecule has 0 radical (unpaired) electrons. The Hall–Kier alpha value is -2.22. The summed E-state index contributed by atoms with van der Waals surface area (Å²) in [7, 11) is 0. The number of nitrogens with one attached hydrogen (secondary N) is 3. The van der Waals surface area contributed by atoms with E-state index in [1.54, 1.807) is 6.07 Å². The molecule has 3 aromatic rings. The van der Waals surface area contributed by atoms with Gasteiger partial charge >= 0.3 is 5.69 Å². The van der Waals surface area contributed by atoms with E-state index in [1.807, 2.05) is 19.1 Å². The maximum atomic E-state index is 11.7. The summed E-state index contributed by atoms with van der Waals surface area (Å²) in [6, 6.07) is 5.41. The van der Waals surface area contributed by atoms with Gasteiger partial charge in [-0.05, 0) is 25.1 Å². The van der Waals surface area contributed by atoms with E-state index in [2.05, 4.69) is 25.6 Å². The van der Waals surface area contributed by atoms with Crippen molar-refractivity contribution in [3.05, 3.63) is 39.4 Å². The first kappa shape index (κ1) is 16.6. The maximum Gasteiger partial charge on any atom is 0.347 e. The molecule has 0 aliphatic rings. The fourth-order valence-corrected chi connectivity index (χ4v) is 2.84. The summed E-state index contributed by atoms with van der Waals surface area (Å²) < 4.78 is 0. The lowest BCUT2D eigenvalue weighted by molar-refractivity contribution is 0.293. The van der Waals surface area contributed by atoms with E-state index in [-0.39, 0.29) is 6.61 Å². The Labute approximate surface area is 143 Å². The summed E-state index contributed by atoms with van der Waals surface area (Å²) in [5.41, 5.74) is 2.23. The summed E-state index contributed by atoms with van der Waals surface area (Å²) >= 11 is 6.14. The topological polar surface area (TPSA) is 103 Å². The van der Waals surface area contributed by atoms with Crippen molar-refractivity contribution >= 4 is 39.2 Å². The molecule has 0 saturated heterocycles. The predicted molar refractivity (Wildman–Crippen MR) is 95.9 cm³/mol. The summed E-state index contributed by atoms with van der Waals surface area (Å²) in [5.74, 6) is 0. The number of hydrogen-bond donors (Lipinski definition) is 4. The molecule has 2 heterocycles. The number of hydrogen-bond acceptors (Lipinski definition) is 6. The molecule has 24 heavy (non-hydrogen) atoms. The van der Waals surface area contributed by atoms with Gasteiger partial charge in [0.15, 0.2) is 5.65 Å². The van der Waals surface area contributed by atoms with Crippen LogP contribution in [0.2, 0.25) is 5.02 Å². The van der Waals surface area contributed by atoms with E-state index in [4.69, 9.17) is 16.7 Å². The summed E-state index contributed by atoms with van der Waals surface area (Å²) in [5, 5.41) is 17.5. The number of pyridine rings is 1. The molecule has 0 bridgehead atoms. The van der Waals surface area contributed by atoms with Crippen LogP contribution in [-0.4, -0.2) is 46.3 Å². The highest BCUT2D eigenvalue weighted by Gasteiger charge is 2.13. The molecule has 0 aliphatic carbocycles. The first-order chi connectivity index (χ1) is 11.6. The number of fused-ring (bicyclic) bond motifs is 2. The number of aliphatic hydroxyl groups excluding tert-OH is 1. The minimum absolute atomic E-state index is 0.0982. The van der Waals surface area contributed by atoms with Gasteiger partial charge in [-0.25, -0.2) is 9.78 Å². The van der Waals surface area contributed by atoms with Crippen molar-refractivity contribution < 1.29 is 5.11 Å². The van der Waals surface area contributed by atoms with Crippen LogP contribution < -0.4 is 16.3 Å². The number of H-pyrrole nitrogens is 1. The third-order valence-electron chi connectivity index (χ3n) is 3.70. The molecule has 126 valence electrons.